The molecule has 0 spiro atoms. The molecule has 0 radical (unpaired) electrons. The van der Waals surface area contributed by atoms with Crippen molar-refractivity contribution in [2.45, 2.75) is 173 Å². The lowest BCUT2D eigenvalue weighted by atomic mass is 9.98. The van der Waals surface area contributed by atoms with Gasteiger partial charge in [-0.1, -0.05) is 53.2 Å². The minimum absolute atomic E-state index is 0.00595. The zero-order chi connectivity index (χ0) is 66.0. The maximum absolute atomic E-state index is 14.3. The van der Waals surface area contributed by atoms with E-state index in [-0.39, 0.29) is 50.8 Å². The van der Waals surface area contributed by atoms with Gasteiger partial charge in [-0.15, -0.1) is 0 Å². The number of ketones is 1. The molecule has 484 valence electrons. The minimum atomic E-state index is -1.87. The van der Waals surface area contributed by atoms with Crippen molar-refractivity contribution in [2.24, 2.45) is 17.6 Å². The first-order chi connectivity index (χ1) is 40.8. The van der Waals surface area contributed by atoms with Crippen molar-refractivity contribution in [1.29, 1.82) is 0 Å². The van der Waals surface area contributed by atoms with Gasteiger partial charge in [0.1, 0.15) is 60.1 Å². The minimum Gasteiger partial charge on any atom is -0.508 e. The van der Waals surface area contributed by atoms with Crippen molar-refractivity contribution < 1.29 is 103 Å². The SMILES string of the molecule is CCC[C@H](NC(=O)C1CCCN1C(=O)[C@@H](NC(=O)[C@@H](NC(=O)[C@H](CCC(=O)O)NC(=O)[C@H](CCC(=O)O)NC(C)=O)C(C)C)C(C)C)C(=O)C(=O)NCC(=O)N[C@H](C(=O)N[C@H](CO)C(=O)N[C@@H](Cc1ccc(O)cc1)C(=O)N[C@@H](CO)C(N)=O)C(C)O. The number of hydrogen-bond donors (Lipinski definition) is 17. The average molecular weight is 1240 g/mol. The number of nitrogens with two attached hydrogens (primary N) is 1. The Morgan fingerprint density at radius 3 is 1.57 bits per heavy atom. The molecule has 0 aromatic heterocycles. The lowest BCUT2D eigenvalue weighted by Crippen LogP contribution is -2.61. The van der Waals surface area contributed by atoms with Gasteiger partial charge in [0.25, 0.3) is 5.91 Å². The highest BCUT2D eigenvalue weighted by Gasteiger charge is 2.42. The Kier molecular flexibility index (Phi) is 30.9. The average Bonchev–Trinajstić information content (AvgIpc) is 2.55. The van der Waals surface area contributed by atoms with Crippen molar-refractivity contribution >= 4 is 88.6 Å². The summed E-state index contributed by atoms with van der Waals surface area (Å²) in [5.41, 5.74) is 5.59. The number of Topliss-reactive ketones (excluding diaryl/α,β-unsaturated/α-hetero) is 1. The van der Waals surface area contributed by atoms with E-state index >= 15 is 0 Å². The molecule has 1 aromatic carbocycles. The second-order valence-corrected chi connectivity index (χ2v) is 21.3. The van der Waals surface area contributed by atoms with E-state index < -0.39 is 206 Å². The number of amides is 12. The number of aliphatic hydroxyl groups excluding tert-OH is 3. The van der Waals surface area contributed by atoms with Gasteiger partial charge in [-0.3, -0.25) is 71.9 Å². The Balaban J connectivity index is 2.19. The summed E-state index contributed by atoms with van der Waals surface area (Å²) in [6.45, 7) is 7.03. The lowest BCUT2D eigenvalue weighted by molar-refractivity contribution is -0.144. The van der Waals surface area contributed by atoms with E-state index in [9.17, 15) is 97.5 Å². The monoisotopic (exact) mass is 1230 g/mol. The van der Waals surface area contributed by atoms with Crippen LogP contribution >= 0.6 is 0 Å². The number of carboxylic acid groups (broad SMARTS) is 2. The summed E-state index contributed by atoms with van der Waals surface area (Å²) in [6.07, 6.45) is -3.57. The molecule has 33 heteroatoms. The highest BCUT2D eigenvalue weighted by Crippen LogP contribution is 2.22. The molecule has 11 atom stereocenters. The highest BCUT2D eigenvalue weighted by molar-refractivity contribution is 6.38. The summed E-state index contributed by atoms with van der Waals surface area (Å²) in [5.74, 6) is -17.6. The van der Waals surface area contributed by atoms with Crippen LogP contribution in [-0.2, 0) is 78.3 Å². The summed E-state index contributed by atoms with van der Waals surface area (Å²) < 4.78 is 0. The van der Waals surface area contributed by atoms with Crippen molar-refractivity contribution in [3.8, 4) is 5.75 Å². The second kappa shape index (κ2) is 36.2. The van der Waals surface area contributed by atoms with Crippen LogP contribution in [0.4, 0.5) is 0 Å². The summed E-state index contributed by atoms with van der Waals surface area (Å²) >= 11 is 0. The van der Waals surface area contributed by atoms with Gasteiger partial charge >= 0.3 is 11.9 Å². The van der Waals surface area contributed by atoms with E-state index in [0.29, 0.717) is 5.56 Å². The molecule has 1 aromatic rings. The second-order valence-electron chi connectivity index (χ2n) is 21.3. The number of nitrogens with one attached hydrogen (secondary N) is 10. The topological polar surface area (TPSA) is 527 Å². The normalized spacial score (nSPS) is 16.3. The highest BCUT2D eigenvalue weighted by atomic mass is 16.4. The van der Waals surface area contributed by atoms with Crippen LogP contribution in [0.3, 0.4) is 0 Å². The van der Waals surface area contributed by atoms with E-state index in [1.807, 2.05) is 0 Å². The molecule has 12 amide bonds. The smallest absolute Gasteiger partial charge is 0.303 e. The predicted molar refractivity (Wildman–Crippen MR) is 301 cm³/mol. The Morgan fingerprint density at radius 2 is 1.07 bits per heavy atom. The van der Waals surface area contributed by atoms with Gasteiger partial charge in [0.2, 0.25) is 70.8 Å². The van der Waals surface area contributed by atoms with Gasteiger partial charge in [-0.2, -0.15) is 0 Å². The number of aliphatic carboxylic acids is 2. The number of aliphatic hydroxyl groups is 3. The molecule has 18 N–H and O–H groups in total. The Bertz CT molecular complexity index is 2650. The predicted octanol–water partition coefficient (Wildman–Crippen LogP) is -6.31. The molecule has 1 heterocycles. The third kappa shape index (κ3) is 24.6. The summed E-state index contributed by atoms with van der Waals surface area (Å²) in [4.78, 5) is 196. The van der Waals surface area contributed by atoms with E-state index in [2.05, 4.69) is 53.2 Å². The van der Waals surface area contributed by atoms with Crippen LogP contribution in [0.2, 0.25) is 0 Å². The number of phenols is 1. The number of aromatic hydroxyl groups is 1. The molecular weight excluding hydrogens is 1150 g/mol. The number of benzene rings is 1. The molecule has 1 fully saturated rings. The first-order valence-electron chi connectivity index (χ1n) is 28.0. The number of likely N-dealkylation sites (tertiary alicyclic amines) is 1. The van der Waals surface area contributed by atoms with E-state index in [4.69, 9.17) is 10.8 Å². The number of carbonyl (C=O) groups is 15. The van der Waals surface area contributed by atoms with Crippen LogP contribution in [0.5, 0.6) is 5.75 Å². The first kappa shape index (κ1) is 74.3. The molecule has 1 aliphatic heterocycles. The van der Waals surface area contributed by atoms with Crippen molar-refractivity contribution in [1.82, 2.24) is 58.1 Å². The maximum atomic E-state index is 14.3. The number of carboxylic acids is 2. The van der Waals surface area contributed by atoms with Gasteiger partial charge in [0.05, 0.1) is 31.9 Å². The summed E-state index contributed by atoms with van der Waals surface area (Å²) in [7, 11) is 0. The van der Waals surface area contributed by atoms with Gasteiger partial charge in [-0.25, -0.2) is 0 Å². The zero-order valence-corrected chi connectivity index (χ0v) is 49.3. The number of phenolic OH excluding ortho intramolecular Hbond substituents is 1. The molecule has 0 bridgehead atoms. The Morgan fingerprint density at radius 1 is 0.586 bits per heavy atom. The molecule has 1 saturated heterocycles. The molecule has 0 saturated carbocycles. The number of hydrogen-bond acceptors (Lipinski definition) is 19. The largest absolute Gasteiger partial charge is 0.508 e. The molecule has 2 rings (SSSR count). The lowest BCUT2D eigenvalue weighted by Gasteiger charge is -2.33. The molecule has 2 unspecified atom stereocenters. The summed E-state index contributed by atoms with van der Waals surface area (Å²) in [6, 6.07) is -9.98. The first-order valence-corrected chi connectivity index (χ1v) is 28.0. The van der Waals surface area contributed by atoms with Crippen LogP contribution in [0.25, 0.3) is 0 Å². The third-order valence-corrected chi connectivity index (χ3v) is 13.5. The molecule has 0 aliphatic carbocycles. The number of rotatable bonds is 37. The van der Waals surface area contributed by atoms with Crippen molar-refractivity contribution in [3.05, 3.63) is 29.8 Å². The van der Waals surface area contributed by atoms with Crippen LogP contribution in [0, 0.1) is 11.8 Å². The quantitative estimate of drug-likeness (QED) is 0.0276. The van der Waals surface area contributed by atoms with Crippen LogP contribution in [-0.4, -0.2) is 217 Å². The van der Waals surface area contributed by atoms with E-state index in [0.717, 1.165) is 13.8 Å². The van der Waals surface area contributed by atoms with Crippen LogP contribution in [0.1, 0.15) is 105 Å². The van der Waals surface area contributed by atoms with Crippen molar-refractivity contribution in [3.63, 3.8) is 0 Å². The molecular formula is C54H82N12O21. The van der Waals surface area contributed by atoms with Gasteiger partial charge in [0, 0.05) is 32.7 Å². The fourth-order valence-electron chi connectivity index (χ4n) is 8.76. The fourth-order valence-corrected chi connectivity index (χ4v) is 8.76. The van der Waals surface area contributed by atoms with Crippen molar-refractivity contribution in [2.75, 3.05) is 26.3 Å². The number of carbonyl (C=O) groups excluding carboxylic acids is 13. The third-order valence-electron chi connectivity index (χ3n) is 13.5. The standard InChI is InChI=1S/C54H82N12O21/c1-8-10-31(44(77)53(86)56-22-38(72)63-43(27(6)69)52(85)62-36(24-68)49(82)60-34(21-29-12-14-30(71)15-13-29)48(81)61-35(23-67)45(55)78)58-50(83)37-11-9-20-66(37)54(87)42(26(4)5)65-51(84)41(25(2)3)64-47(80)33(17-19-40(75)76)59-46(79)32(57-28(7)70)16-18-39(73)74/h12-15,25-27,31-37,41-43,67-69,71H,8-11,16-24H2,1-7H3,(H2,55,78)(H,56,86)(H,57,70)(H,58,83)(H,59,79)(H,60,82)(H,61,81)(H,62,85)(H,63,72)(H,64,80)(H,65,84)(H,73,74)(H,75,76)/t27?,31-,32-,33-,34-,35-,36+,37?,41-,42-,43-/m0/s1. The molecule has 33 nitrogen and oxygen atoms in total. The van der Waals surface area contributed by atoms with Gasteiger partial charge in [0.15, 0.2) is 0 Å². The molecule has 1 aliphatic rings. The van der Waals surface area contributed by atoms with Crippen LogP contribution in [0.15, 0.2) is 24.3 Å². The van der Waals surface area contributed by atoms with Crippen LogP contribution < -0.4 is 58.9 Å². The number of nitrogens with zero attached hydrogens (tertiary/aromatic N) is 1. The Hall–Kier alpha value is -8.85. The van der Waals surface area contributed by atoms with Gasteiger partial charge < -0.3 is 94.4 Å². The van der Waals surface area contributed by atoms with E-state index in [1.54, 1.807) is 34.6 Å². The zero-order valence-electron chi connectivity index (χ0n) is 49.3. The fraction of sp³-hybridized carbons (Fsp3) is 0.611. The summed E-state index contributed by atoms with van der Waals surface area (Å²) in [5, 5.41) is 81.3. The van der Waals surface area contributed by atoms with E-state index in [1.165, 1.54) is 29.2 Å². The Labute approximate surface area is 500 Å². The maximum Gasteiger partial charge on any atom is 0.303 e. The molecule has 87 heavy (non-hydrogen) atoms. The van der Waals surface area contributed by atoms with Gasteiger partial charge in [-0.05, 0) is 68.6 Å². The number of primary amides is 1.